The summed E-state index contributed by atoms with van der Waals surface area (Å²) in [6.45, 7) is 6.58. The molecule has 1 fully saturated rings. The van der Waals surface area contributed by atoms with Crippen LogP contribution in [-0.2, 0) is 4.79 Å². The summed E-state index contributed by atoms with van der Waals surface area (Å²) in [6.07, 6.45) is 0.0452. The second kappa shape index (κ2) is 3.27. The molecule has 13 heavy (non-hydrogen) atoms. The normalized spacial score (nSPS) is 30.8. The van der Waals surface area contributed by atoms with Crippen LogP contribution in [0.1, 0.15) is 27.2 Å². The summed E-state index contributed by atoms with van der Waals surface area (Å²) in [5.41, 5.74) is 5.14. The zero-order valence-corrected chi connectivity index (χ0v) is 8.45. The summed E-state index contributed by atoms with van der Waals surface area (Å²) in [7, 11) is 0. The third kappa shape index (κ3) is 2.19. The molecule has 3 N–H and O–H groups in total. The maximum absolute atomic E-state index is 11.1. The molecular formula is C9H18N2O2. The first-order valence-corrected chi connectivity index (χ1v) is 4.56. The number of hydrogen-bond acceptors (Lipinski definition) is 3. The molecule has 1 heterocycles. The third-order valence-electron chi connectivity index (χ3n) is 2.47. The van der Waals surface area contributed by atoms with Crippen molar-refractivity contribution < 1.29 is 9.90 Å². The highest BCUT2D eigenvalue weighted by Crippen LogP contribution is 2.26. The summed E-state index contributed by atoms with van der Waals surface area (Å²) < 4.78 is 0. The molecule has 0 radical (unpaired) electrons. The quantitative estimate of drug-likeness (QED) is 0.591. The van der Waals surface area contributed by atoms with E-state index in [1.807, 2.05) is 25.7 Å². The van der Waals surface area contributed by atoms with Gasteiger partial charge in [-0.15, -0.1) is 0 Å². The SMILES string of the molecule is CC(C)(C)N1C[C@@H](O)C[C@H]1C(N)=O. The summed E-state index contributed by atoms with van der Waals surface area (Å²) in [5, 5.41) is 9.43. The average Bonchev–Trinajstić information content (AvgIpc) is 2.29. The maximum atomic E-state index is 11.1. The number of likely N-dealkylation sites (tertiary alicyclic amines) is 1. The highest BCUT2D eigenvalue weighted by molar-refractivity contribution is 5.80. The second-order valence-corrected chi connectivity index (χ2v) is 4.63. The molecule has 0 aromatic rings. The number of nitrogens with two attached hydrogens (primary N) is 1. The van der Waals surface area contributed by atoms with Gasteiger partial charge in [0.2, 0.25) is 5.91 Å². The Morgan fingerprint density at radius 3 is 2.38 bits per heavy atom. The van der Waals surface area contributed by atoms with E-state index in [1.165, 1.54) is 0 Å². The molecule has 2 atom stereocenters. The number of aliphatic hydroxyl groups excluding tert-OH is 1. The van der Waals surface area contributed by atoms with E-state index in [1.54, 1.807) is 0 Å². The summed E-state index contributed by atoms with van der Waals surface area (Å²) >= 11 is 0. The first kappa shape index (κ1) is 10.5. The van der Waals surface area contributed by atoms with Crippen LogP contribution in [-0.4, -0.2) is 40.1 Å². The van der Waals surface area contributed by atoms with Gasteiger partial charge in [0.1, 0.15) is 0 Å². The Morgan fingerprint density at radius 2 is 2.08 bits per heavy atom. The number of nitrogens with zero attached hydrogens (tertiary/aromatic N) is 1. The third-order valence-corrected chi connectivity index (χ3v) is 2.47. The Labute approximate surface area is 78.7 Å². The molecule has 0 spiro atoms. The van der Waals surface area contributed by atoms with Crippen LogP contribution in [0.2, 0.25) is 0 Å². The van der Waals surface area contributed by atoms with E-state index in [0.29, 0.717) is 13.0 Å². The van der Waals surface area contributed by atoms with Gasteiger partial charge in [-0.1, -0.05) is 0 Å². The van der Waals surface area contributed by atoms with Crippen molar-refractivity contribution in [1.82, 2.24) is 4.90 Å². The fraction of sp³-hybridized carbons (Fsp3) is 0.889. The minimum atomic E-state index is -0.420. The van der Waals surface area contributed by atoms with Gasteiger partial charge in [0.05, 0.1) is 12.1 Å². The summed E-state index contributed by atoms with van der Waals surface area (Å²) in [5.74, 6) is -0.341. The van der Waals surface area contributed by atoms with Crippen LogP contribution < -0.4 is 5.73 Å². The van der Waals surface area contributed by atoms with Crippen molar-refractivity contribution in [3.63, 3.8) is 0 Å². The van der Waals surface area contributed by atoms with Crippen molar-refractivity contribution >= 4 is 5.91 Å². The molecule has 1 rings (SSSR count). The van der Waals surface area contributed by atoms with Gasteiger partial charge in [-0.05, 0) is 27.2 Å². The highest BCUT2D eigenvalue weighted by Gasteiger charge is 2.40. The van der Waals surface area contributed by atoms with Gasteiger partial charge in [-0.2, -0.15) is 0 Å². The number of rotatable bonds is 1. The number of aliphatic hydroxyl groups is 1. The van der Waals surface area contributed by atoms with Crippen LogP contribution in [0.15, 0.2) is 0 Å². The second-order valence-electron chi connectivity index (χ2n) is 4.63. The van der Waals surface area contributed by atoms with Crippen molar-refractivity contribution in [2.24, 2.45) is 5.73 Å². The minimum absolute atomic E-state index is 0.114. The number of primary amides is 1. The molecule has 0 aromatic carbocycles. The van der Waals surface area contributed by atoms with Crippen molar-refractivity contribution in [3.05, 3.63) is 0 Å². The Bertz CT molecular complexity index is 210. The van der Waals surface area contributed by atoms with Crippen molar-refractivity contribution in [2.45, 2.75) is 44.9 Å². The molecule has 76 valence electrons. The number of hydrogen-bond donors (Lipinski definition) is 2. The van der Waals surface area contributed by atoms with Gasteiger partial charge >= 0.3 is 0 Å². The highest BCUT2D eigenvalue weighted by atomic mass is 16.3. The minimum Gasteiger partial charge on any atom is -0.392 e. The van der Waals surface area contributed by atoms with E-state index in [9.17, 15) is 9.90 Å². The van der Waals surface area contributed by atoms with Gasteiger partial charge in [-0.25, -0.2) is 0 Å². The standard InChI is InChI=1S/C9H18N2O2/c1-9(2,3)11-5-6(12)4-7(11)8(10)13/h6-7,12H,4-5H2,1-3H3,(H2,10,13)/t6-,7-/m0/s1. The van der Waals surface area contributed by atoms with Gasteiger partial charge in [0.15, 0.2) is 0 Å². The Balaban J connectivity index is 2.78. The molecule has 4 nitrogen and oxygen atoms in total. The van der Waals surface area contributed by atoms with Gasteiger partial charge in [-0.3, -0.25) is 9.69 Å². The number of β-amino-alcohol motifs (C(OH)–C–C–N with tert-alkyl or cyclic N) is 1. The predicted octanol–water partition coefficient (Wildman–Crippen LogP) is -0.295. The van der Waals surface area contributed by atoms with Crippen LogP contribution in [0.4, 0.5) is 0 Å². The molecule has 0 aromatic heterocycles. The Kier molecular flexibility index (Phi) is 2.63. The number of carbonyl (C=O) groups excluding carboxylic acids is 1. The lowest BCUT2D eigenvalue weighted by molar-refractivity contribution is -0.123. The van der Waals surface area contributed by atoms with E-state index in [0.717, 1.165) is 0 Å². The van der Waals surface area contributed by atoms with E-state index in [2.05, 4.69) is 0 Å². The molecule has 0 bridgehead atoms. The fourth-order valence-electron chi connectivity index (χ4n) is 1.82. The van der Waals surface area contributed by atoms with Crippen molar-refractivity contribution in [2.75, 3.05) is 6.54 Å². The van der Waals surface area contributed by atoms with Gasteiger partial charge in [0.25, 0.3) is 0 Å². The molecule has 4 heteroatoms. The van der Waals surface area contributed by atoms with E-state index in [-0.39, 0.29) is 17.5 Å². The van der Waals surface area contributed by atoms with Crippen LogP contribution in [0.3, 0.4) is 0 Å². The smallest absolute Gasteiger partial charge is 0.234 e. The van der Waals surface area contributed by atoms with Gasteiger partial charge < -0.3 is 10.8 Å². The lowest BCUT2D eigenvalue weighted by Crippen LogP contribution is -2.50. The molecule has 1 saturated heterocycles. The predicted molar refractivity (Wildman–Crippen MR) is 50.1 cm³/mol. The van der Waals surface area contributed by atoms with Crippen molar-refractivity contribution in [3.8, 4) is 0 Å². The number of amides is 1. The van der Waals surface area contributed by atoms with Crippen LogP contribution >= 0.6 is 0 Å². The summed E-state index contributed by atoms with van der Waals surface area (Å²) in [4.78, 5) is 13.0. The van der Waals surface area contributed by atoms with Crippen molar-refractivity contribution in [1.29, 1.82) is 0 Å². The molecular weight excluding hydrogens is 168 g/mol. The van der Waals surface area contributed by atoms with Crippen LogP contribution in [0, 0.1) is 0 Å². The zero-order chi connectivity index (χ0) is 10.2. The molecule has 0 saturated carbocycles. The van der Waals surface area contributed by atoms with E-state index >= 15 is 0 Å². The topological polar surface area (TPSA) is 66.6 Å². The zero-order valence-electron chi connectivity index (χ0n) is 8.45. The largest absolute Gasteiger partial charge is 0.392 e. The number of carbonyl (C=O) groups is 1. The molecule has 0 aliphatic carbocycles. The molecule has 1 aliphatic heterocycles. The van der Waals surface area contributed by atoms with Crippen LogP contribution in [0.5, 0.6) is 0 Å². The molecule has 1 amide bonds. The molecule has 1 aliphatic rings. The Morgan fingerprint density at radius 1 is 1.54 bits per heavy atom. The first-order chi connectivity index (χ1) is 5.82. The molecule has 0 unspecified atom stereocenters. The Hall–Kier alpha value is -0.610. The fourth-order valence-corrected chi connectivity index (χ4v) is 1.82. The first-order valence-electron chi connectivity index (χ1n) is 4.56. The van der Waals surface area contributed by atoms with Crippen LogP contribution in [0.25, 0.3) is 0 Å². The monoisotopic (exact) mass is 186 g/mol. The van der Waals surface area contributed by atoms with E-state index in [4.69, 9.17) is 5.73 Å². The van der Waals surface area contributed by atoms with Gasteiger partial charge in [0, 0.05) is 12.1 Å². The van der Waals surface area contributed by atoms with E-state index < -0.39 is 6.10 Å². The lowest BCUT2D eigenvalue weighted by atomic mass is 10.0. The summed E-state index contributed by atoms with van der Waals surface area (Å²) in [6, 6.07) is -0.310. The lowest BCUT2D eigenvalue weighted by Gasteiger charge is -2.35. The maximum Gasteiger partial charge on any atom is 0.234 e. The average molecular weight is 186 g/mol.